The van der Waals surface area contributed by atoms with Gasteiger partial charge in [0.2, 0.25) is 0 Å². The van der Waals surface area contributed by atoms with Crippen LogP contribution in [0.25, 0.3) is 10.2 Å². The number of nitrogens with one attached hydrogen (secondary N) is 2. The number of fused-ring (bicyclic) bond motifs is 1. The summed E-state index contributed by atoms with van der Waals surface area (Å²) in [6.07, 6.45) is 0. The molecule has 2 aromatic carbocycles. The predicted molar refractivity (Wildman–Crippen MR) is 110 cm³/mol. The standard InChI is InChI=1S/C19H19N3O2S2/c1-4-24-14-7-8-15-16(10-14)26-19(20-15)22-18(25)21-17(23)13-6-5-11(2)12(3)9-13/h5-10H,4H2,1-3H3,(H2,20,21,22,23,25). The number of hydrogen-bond acceptors (Lipinski definition) is 5. The fraction of sp³-hybridized carbons (Fsp3) is 0.211. The van der Waals surface area contributed by atoms with Gasteiger partial charge in [-0.15, -0.1) is 0 Å². The number of thiocarbonyl (C=S) groups is 1. The van der Waals surface area contributed by atoms with E-state index >= 15 is 0 Å². The van der Waals surface area contributed by atoms with Gasteiger partial charge in [0.15, 0.2) is 10.2 Å². The molecule has 0 unspecified atom stereocenters. The Morgan fingerprint density at radius 1 is 1.19 bits per heavy atom. The summed E-state index contributed by atoms with van der Waals surface area (Å²) in [7, 11) is 0. The lowest BCUT2D eigenvalue weighted by Gasteiger charge is -2.08. The minimum Gasteiger partial charge on any atom is -0.494 e. The predicted octanol–water partition coefficient (Wildman–Crippen LogP) is 4.44. The minimum atomic E-state index is -0.245. The zero-order chi connectivity index (χ0) is 18.7. The number of aryl methyl sites for hydroxylation is 2. The molecule has 3 rings (SSSR count). The molecule has 0 aliphatic carbocycles. The van der Waals surface area contributed by atoms with Gasteiger partial charge in [0.25, 0.3) is 5.91 Å². The number of aromatic nitrogens is 1. The van der Waals surface area contributed by atoms with E-state index in [0.717, 1.165) is 27.1 Å². The zero-order valence-electron chi connectivity index (χ0n) is 14.8. The summed E-state index contributed by atoms with van der Waals surface area (Å²) in [4.78, 5) is 16.8. The number of hydrogen-bond donors (Lipinski definition) is 2. The van der Waals surface area contributed by atoms with Gasteiger partial charge < -0.3 is 10.1 Å². The second-order valence-electron chi connectivity index (χ2n) is 5.79. The number of thiazole rings is 1. The number of amides is 1. The number of benzene rings is 2. The van der Waals surface area contributed by atoms with Crippen LogP contribution in [-0.2, 0) is 0 Å². The molecule has 2 N–H and O–H groups in total. The van der Waals surface area contributed by atoms with E-state index in [4.69, 9.17) is 17.0 Å². The van der Waals surface area contributed by atoms with Crippen molar-refractivity contribution >= 4 is 49.9 Å². The molecule has 0 aliphatic heterocycles. The molecule has 7 heteroatoms. The Bertz CT molecular complexity index is 982. The summed E-state index contributed by atoms with van der Waals surface area (Å²) in [5.74, 6) is 0.561. The highest BCUT2D eigenvalue weighted by atomic mass is 32.1. The molecule has 3 aromatic rings. The fourth-order valence-electron chi connectivity index (χ4n) is 2.40. The topological polar surface area (TPSA) is 63.2 Å². The number of carbonyl (C=O) groups is 1. The van der Waals surface area contributed by atoms with Crippen LogP contribution in [0.4, 0.5) is 5.13 Å². The van der Waals surface area contributed by atoms with Crippen molar-refractivity contribution in [2.75, 3.05) is 11.9 Å². The van der Waals surface area contributed by atoms with Gasteiger partial charge in [0.05, 0.1) is 16.8 Å². The number of carbonyl (C=O) groups excluding carboxylic acids is 1. The lowest BCUT2D eigenvalue weighted by Crippen LogP contribution is -2.34. The highest BCUT2D eigenvalue weighted by molar-refractivity contribution is 7.80. The summed E-state index contributed by atoms with van der Waals surface area (Å²) in [5.41, 5.74) is 3.63. The molecule has 26 heavy (non-hydrogen) atoms. The molecule has 1 heterocycles. The summed E-state index contributed by atoms with van der Waals surface area (Å²) < 4.78 is 6.49. The van der Waals surface area contributed by atoms with Gasteiger partial charge in [-0.1, -0.05) is 17.4 Å². The molecule has 0 atom stereocenters. The smallest absolute Gasteiger partial charge is 0.257 e. The van der Waals surface area contributed by atoms with E-state index in [-0.39, 0.29) is 11.0 Å². The van der Waals surface area contributed by atoms with E-state index in [1.165, 1.54) is 11.3 Å². The number of rotatable bonds is 4. The molecule has 0 saturated carbocycles. The van der Waals surface area contributed by atoms with Crippen molar-refractivity contribution < 1.29 is 9.53 Å². The van der Waals surface area contributed by atoms with Gasteiger partial charge in [-0.25, -0.2) is 4.98 Å². The molecule has 0 bridgehead atoms. The third-order valence-corrected chi connectivity index (χ3v) is 5.03. The van der Waals surface area contributed by atoms with Crippen molar-refractivity contribution in [3.05, 3.63) is 53.1 Å². The average Bonchev–Trinajstić information content (AvgIpc) is 2.98. The summed E-state index contributed by atoms with van der Waals surface area (Å²) in [5, 5.41) is 6.51. The first-order chi connectivity index (χ1) is 12.5. The maximum absolute atomic E-state index is 12.3. The molecule has 134 valence electrons. The Balaban J connectivity index is 1.68. The average molecular weight is 386 g/mol. The van der Waals surface area contributed by atoms with Crippen LogP contribution >= 0.6 is 23.6 Å². The Hall–Kier alpha value is -2.51. The van der Waals surface area contributed by atoms with Crippen molar-refractivity contribution in [3.8, 4) is 5.75 Å². The SMILES string of the molecule is CCOc1ccc2nc(NC(=S)NC(=O)c3ccc(C)c(C)c3)sc2c1. The molecular weight excluding hydrogens is 366 g/mol. The second kappa shape index (κ2) is 7.80. The van der Waals surface area contributed by atoms with Crippen LogP contribution in [0.3, 0.4) is 0 Å². The lowest BCUT2D eigenvalue weighted by molar-refractivity contribution is 0.0977. The maximum atomic E-state index is 12.3. The van der Waals surface area contributed by atoms with Crippen molar-refractivity contribution in [3.63, 3.8) is 0 Å². The summed E-state index contributed by atoms with van der Waals surface area (Å²) in [6, 6.07) is 11.3. The van der Waals surface area contributed by atoms with Crippen LogP contribution in [0.2, 0.25) is 0 Å². The van der Waals surface area contributed by atoms with Crippen LogP contribution in [0.1, 0.15) is 28.4 Å². The Labute approximate surface area is 161 Å². The van der Waals surface area contributed by atoms with Crippen LogP contribution in [0.5, 0.6) is 5.75 Å². The van der Waals surface area contributed by atoms with Crippen molar-refractivity contribution in [1.29, 1.82) is 0 Å². The van der Waals surface area contributed by atoms with E-state index in [2.05, 4.69) is 15.6 Å². The van der Waals surface area contributed by atoms with Crippen molar-refractivity contribution in [2.24, 2.45) is 0 Å². The van der Waals surface area contributed by atoms with Gasteiger partial charge in [-0.3, -0.25) is 10.1 Å². The first-order valence-electron chi connectivity index (χ1n) is 8.19. The van der Waals surface area contributed by atoms with Gasteiger partial charge in [-0.05, 0) is 74.4 Å². The molecule has 0 fully saturated rings. The molecule has 1 amide bonds. The molecule has 0 aliphatic rings. The number of anilines is 1. The third kappa shape index (κ3) is 4.17. The monoisotopic (exact) mass is 385 g/mol. The van der Waals surface area contributed by atoms with Crippen molar-refractivity contribution in [1.82, 2.24) is 10.3 Å². The molecule has 0 radical (unpaired) electrons. The Morgan fingerprint density at radius 3 is 2.73 bits per heavy atom. The van der Waals surface area contributed by atoms with Crippen molar-refractivity contribution in [2.45, 2.75) is 20.8 Å². The molecular formula is C19H19N3O2S2. The van der Waals surface area contributed by atoms with Gasteiger partial charge in [0, 0.05) is 5.56 Å². The Morgan fingerprint density at radius 2 is 2.00 bits per heavy atom. The Kier molecular flexibility index (Phi) is 5.49. The van der Waals surface area contributed by atoms with Crippen LogP contribution in [0.15, 0.2) is 36.4 Å². The highest BCUT2D eigenvalue weighted by Gasteiger charge is 2.11. The van der Waals surface area contributed by atoms with Gasteiger partial charge in [-0.2, -0.15) is 0 Å². The first kappa shape index (κ1) is 18.3. The van der Waals surface area contributed by atoms with Gasteiger partial charge >= 0.3 is 0 Å². The van der Waals surface area contributed by atoms with Gasteiger partial charge in [0.1, 0.15) is 5.75 Å². The van der Waals surface area contributed by atoms with Crippen LogP contribution in [0, 0.1) is 13.8 Å². The molecule has 1 aromatic heterocycles. The summed E-state index contributed by atoms with van der Waals surface area (Å²) in [6.45, 7) is 6.54. The molecule has 0 saturated heterocycles. The normalized spacial score (nSPS) is 10.6. The minimum absolute atomic E-state index is 0.220. The van der Waals surface area contributed by atoms with Crippen LogP contribution < -0.4 is 15.4 Å². The first-order valence-corrected chi connectivity index (χ1v) is 9.41. The zero-order valence-corrected chi connectivity index (χ0v) is 16.4. The van der Waals surface area contributed by atoms with Crippen LogP contribution in [-0.4, -0.2) is 22.6 Å². The number of nitrogens with zero attached hydrogens (tertiary/aromatic N) is 1. The largest absolute Gasteiger partial charge is 0.494 e. The highest BCUT2D eigenvalue weighted by Crippen LogP contribution is 2.29. The number of ether oxygens (including phenoxy) is 1. The van der Waals surface area contributed by atoms with E-state index in [1.807, 2.05) is 51.1 Å². The quantitative estimate of drug-likeness (QED) is 0.650. The van der Waals surface area contributed by atoms with E-state index < -0.39 is 0 Å². The maximum Gasteiger partial charge on any atom is 0.257 e. The van der Waals surface area contributed by atoms with E-state index in [9.17, 15) is 4.79 Å². The molecule has 5 nitrogen and oxygen atoms in total. The fourth-order valence-corrected chi connectivity index (χ4v) is 3.55. The lowest BCUT2D eigenvalue weighted by atomic mass is 10.1. The second-order valence-corrected chi connectivity index (χ2v) is 7.23. The molecule has 0 spiro atoms. The van der Waals surface area contributed by atoms with E-state index in [1.54, 1.807) is 6.07 Å². The summed E-state index contributed by atoms with van der Waals surface area (Å²) >= 11 is 6.69. The third-order valence-electron chi connectivity index (χ3n) is 3.89. The van der Waals surface area contributed by atoms with E-state index in [0.29, 0.717) is 17.3 Å².